The van der Waals surface area contributed by atoms with Gasteiger partial charge in [-0.25, -0.2) is 4.98 Å². The lowest BCUT2D eigenvalue weighted by Crippen LogP contribution is -2.09. The van der Waals surface area contributed by atoms with Crippen molar-refractivity contribution in [3.63, 3.8) is 0 Å². The third-order valence-corrected chi connectivity index (χ3v) is 3.11. The number of hydrogen-bond acceptors (Lipinski definition) is 3. The monoisotopic (exact) mass is 247 g/mol. The van der Waals surface area contributed by atoms with Gasteiger partial charge in [-0.2, -0.15) is 0 Å². The predicted octanol–water partition coefficient (Wildman–Crippen LogP) is 3.51. The molecule has 3 nitrogen and oxygen atoms in total. The van der Waals surface area contributed by atoms with Crippen molar-refractivity contribution in [2.24, 2.45) is 0 Å². The molecule has 4 heteroatoms. The minimum absolute atomic E-state index is 0.0789. The molecule has 0 unspecified atom stereocenters. The number of ketones is 1. The molecule has 0 bridgehead atoms. The molecule has 0 spiro atoms. The summed E-state index contributed by atoms with van der Waals surface area (Å²) in [6.45, 7) is 0. The van der Waals surface area contributed by atoms with Crippen LogP contribution in [0.1, 0.15) is 29.1 Å². The highest BCUT2D eigenvalue weighted by atomic mass is 35.5. The van der Waals surface area contributed by atoms with Crippen LogP contribution in [0.5, 0.6) is 0 Å². The van der Waals surface area contributed by atoms with Crippen molar-refractivity contribution < 1.29 is 9.21 Å². The van der Waals surface area contributed by atoms with E-state index < -0.39 is 0 Å². The summed E-state index contributed by atoms with van der Waals surface area (Å²) in [6, 6.07) is 7.23. The Hall–Kier alpha value is -1.61. The molecule has 0 amide bonds. The summed E-state index contributed by atoms with van der Waals surface area (Å²) in [5, 5.41) is 0.668. The smallest absolute Gasteiger partial charge is 0.226 e. The summed E-state index contributed by atoms with van der Waals surface area (Å²) in [4.78, 5) is 15.9. The Labute approximate surface area is 103 Å². The summed E-state index contributed by atoms with van der Waals surface area (Å²) in [6.07, 6.45) is 2.21. The average Bonchev–Trinajstić information content (AvgIpc) is 2.75. The lowest BCUT2D eigenvalue weighted by atomic mass is 10.0. The van der Waals surface area contributed by atoms with E-state index in [-0.39, 0.29) is 5.78 Å². The van der Waals surface area contributed by atoms with Crippen LogP contribution in [-0.2, 0) is 6.42 Å². The lowest BCUT2D eigenvalue weighted by molar-refractivity contribution is 0.0965. The summed E-state index contributed by atoms with van der Waals surface area (Å²) >= 11 is 5.82. The van der Waals surface area contributed by atoms with Crippen LogP contribution in [0.4, 0.5) is 0 Å². The van der Waals surface area contributed by atoms with Gasteiger partial charge in [0.15, 0.2) is 5.78 Å². The summed E-state index contributed by atoms with van der Waals surface area (Å²) in [7, 11) is 0. The molecule has 0 fully saturated rings. The van der Waals surface area contributed by atoms with E-state index in [4.69, 9.17) is 16.0 Å². The van der Waals surface area contributed by atoms with Crippen LogP contribution in [-0.4, -0.2) is 10.8 Å². The van der Waals surface area contributed by atoms with E-state index in [2.05, 4.69) is 4.98 Å². The standard InChI is InChI=1S/C13H10ClNO2/c14-9-6-4-8(5-7-9)13-15-12-10(16)2-1-3-11(12)17-13/h4-7H,1-3H2. The molecule has 1 aliphatic rings. The zero-order chi connectivity index (χ0) is 11.8. The fourth-order valence-corrected chi connectivity index (χ4v) is 2.11. The van der Waals surface area contributed by atoms with Crippen LogP contribution in [0, 0.1) is 0 Å². The summed E-state index contributed by atoms with van der Waals surface area (Å²) < 4.78 is 5.63. The Balaban J connectivity index is 2.05. The van der Waals surface area contributed by atoms with E-state index >= 15 is 0 Å². The third-order valence-electron chi connectivity index (χ3n) is 2.86. The number of nitrogens with zero attached hydrogens (tertiary/aromatic N) is 1. The quantitative estimate of drug-likeness (QED) is 0.774. The van der Waals surface area contributed by atoms with Crippen molar-refractivity contribution in [2.45, 2.75) is 19.3 Å². The van der Waals surface area contributed by atoms with Gasteiger partial charge >= 0.3 is 0 Å². The Morgan fingerprint density at radius 2 is 1.94 bits per heavy atom. The van der Waals surface area contributed by atoms with Gasteiger partial charge in [-0.3, -0.25) is 4.79 Å². The highest BCUT2D eigenvalue weighted by Crippen LogP contribution is 2.27. The van der Waals surface area contributed by atoms with Gasteiger partial charge in [0.2, 0.25) is 5.89 Å². The maximum atomic E-state index is 11.6. The van der Waals surface area contributed by atoms with Crippen molar-refractivity contribution in [1.82, 2.24) is 4.98 Å². The molecule has 0 saturated heterocycles. The molecule has 0 saturated carbocycles. The van der Waals surface area contributed by atoms with Crippen LogP contribution in [0.15, 0.2) is 28.7 Å². The molecule has 2 aromatic rings. The molecule has 0 atom stereocenters. The number of rotatable bonds is 1. The minimum atomic E-state index is 0.0789. The maximum absolute atomic E-state index is 11.6. The maximum Gasteiger partial charge on any atom is 0.226 e. The van der Waals surface area contributed by atoms with Crippen LogP contribution < -0.4 is 0 Å². The second-order valence-electron chi connectivity index (χ2n) is 4.07. The molecule has 1 heterocycles. The van der Waals surface area contributed by atoms with E-state index in [0.717, 1.165) is 18.4 Å². The number of fused-ring (bicyclic) bond motifs is 1. The summed E-state index contributed by atoms with van der Waals surface area (Å²) in [5.41, 5.74) is 1.35. The van der Waals surface area contributed by atoms with Crippen molar-refractivity contribution in [3.05, 3.63) is 40.7 Å². The first-order valence-corrected chi connectivity index (χ1v) is 5.91. The molecule has 0 aliphatic heterocycles. The molecular weight excluding hydrogens is 238 g/mol. The van der Waals surface area contributed by atoms with E-state index in [0.29, 0.717) is 28.8 Å². The first-order valence-electron chi connectivity index (χ1n) is 5.53. The Morgan fingerprint density at radius 1 is 1.18 bits per heavy atom. The molecule has 86 valence electrons. The topological polar surface area (TPSA) is 43.1 Å². The molecule has 1 aromatic heterocycles. The number of hydrogen-bond donors (Lipinski definition) is 0. The molecule has 3 rings (SSSR count). The summed E-state index contributed by atoms with van der Waals surface area (Å²) in [5.74, 6) is 1.29. The highest BCUT2D eigenvalue weighted by Gasteiger charge is 2.24. The fraction of sp³-hybridized carbons (Fsp3) is 0.231. The first-order chi connectivity index (χ1) is 8.24. The number of oxazole rings is 1. The number of benzene rings is 1. The van der Waals surface area contributed by atoms with E-state index in [1.165, 1.54) is 0 Å². The number of carbonyl (C=O) groups is 1. The van der Waals surface area contributed by atoms with E-state index in [1.807, 2.05) is 12.1 Å². The van der Waals surface area contributed by atoms with Crippen LogP contribution >= 0.6 is 11.6 Å². The zero-order valence-electron chi connectivity index (χ0n) is 9.07. The van der Waals surface area contributed by atoms with Crippen LogP contribution in [0.25, 0.3) is 11.5 Å². The number of Topliss-reactive ketones (excluding diaryl/α,β-unsaturated/α-hetero) is 1. The molecule has 0 radical (unpaired) electrons. The van der Waals surface area contributed by atoms with Gasteiger partial charge in [-0.1, -0.05) is 11.6 Å². The lowest BCUT2D eigenvalue weighted by Gasteiger charge is -2.04. The van der Waals surface area contributed by atoms with Crippen LogP contribution in [0.3, 0.4) is 0 Å². The van der Waals surface area contributed by atoms with Crippen molar-refractivity contribution in [2.75, 3.05) is 0 Å². The van der Waals surface area contributed by atoms with Gasteiger partial charge in [-0.05, 0) is 30.7 Å². The van der Waals surface area contributed by atoms with E-state index in [9.17, 15) is 4.79 Å². The normalized spacial score (nSPS) is 14.8. The second kappa shape index (κ2) is 4.00. The fourth-order valence-electron chi connectivity index (χ4n) is 1.98. The Bertz CT molecular complexity index is 572. The Kier molecular flexibility index (Phi) is 2.48. The third kappa shape index (κ3) is 1.87. The second-order valence-corrected chi connectivity index (χ2v) is 4.51. The zero-order valence-corrected chi connectivity index (χ0v) is 9.83. The largest absolute Gasteiger partial charge is 0.440 e. The van der Waals surface area contributed by atoms with Crippen molar-refractivity contribution >= 4 is 17.4 Å². The SMILES string of the molecule is O=C1CCCc2oc(-c3ccc(Cl)cc3)nc21. The van der Waals surface area contributed by atoms with Gasteiger partial charge in [0.1, 0.15) is 11.5 Å². The molecule has 1 aromatic carbocycles. The molecule has 1 aliphatic carbocycles. The van der Waals surface area contributed by atoms with Gasteiger partial charge in [0, 0.05) is 23.4 Å². The molecule has 17 heavy (non-hydrogen) atoms. The minimum Gasteiger partial charge on any atom is -0.440 e. The number of aryl methyl sites for hydroxylation is 1. The number of halogens is 1. The highest BCUT2D eigenvalue weighted by molar-refractivity contribution is 6.30. The van der Waals surface area contributed by atoms with Gasteiger partial charge in [-0.15, -0.1) is 0 Å². The molecule has 0 N–H and O–H groups in total. The van der Waals surface area contributed by atoms with Crippen molar-refractivity contribution in [1.29, 1.82) is 0 Å². The Morgan fingerprint density at radius 3 is 2.65 bits per heavy atom. The van der Waals surface area contributed by atoms with Crippen molar-refractivity contribution in [3.8, 4) is 11.5 Å². The van der Waals surface area contributed by atoms with Crippen LogP contribution in [0.2, 0.25) is 5.02 Å². The predicted molar refractivity (Wildman–Crippen MR) is 64.2 cm³/mol. The number of carbonyl (C=O) groups excluding carboxylic acids is 1. The first kappa shape index (κ1) is 10.5. The average molecular weight is 248 g/mol. The van der Waals surface area contributed by atoms with Gasteiger partial charge in [0.05, 0.1) is 0 Å². The molecular formula is C13H10ClNO2. The van der Waals surface area contributed by atoms with Gasteiger partial charge in [0.25, 0.3) is 0 Å². The van der Waals surface area contributed by atoms with Gasteiger partial charge < -0.3 is 4.42 Å². The number of aromatic nitrogens is 1. The van der Waals surface area contributed by atoms with E-state index in [1.54, 1.807) is 12.1 Å².